The average Bonchev–Trinajstić information content (AvgIpc) is 2.22. The third-order valence-electron chi connectivity index (χ3n) is 1.99. The van der Waals surface area contributed by atoms with E-state index in [0.29, 0.717) is 13.1 Å². The first kappa shape index (κ1) is 14.8. The highest BCUT2D eigenvalue weighted by molar-refractivity contribution is 4.61. The normalized spacial score (nSPS) is 13.0. The predicted molar refractivity (Wildman–Crippen MR) is 64.4 cm³/mol. The molecule has 0 radical (unpaired) electrons. The second-order valence-corrected chi connectivity index (χ2v) is 3.43. The molecule has 6 nitrogen and oxygen atoms in total. The molecule has 0 amide bonds. The Morgan fingerprint density at radius 2 is 1.40 bits per heavy atom. The van der Waals surface area contributed by atoms with E-state index in [1.54, 1.807) is 0 Å². The fourth-order valence-corrected chi connectivity index (χ4v) is 1.16. The molecule has 0 aromatic rings. The van der Waals surface area contributed by atoms with Gasteiger partial charge >= 0.3 is 0 Å². The summed E-state index contributed by atoms with van der Waals surface area (Å²) < 4.78 is 0. The topological polar surface area (TPSA) is 114 Å². The van der Waals surface area contributed by atoms with E-state index >= 15 is 0 Å². The number of hydrogen-bond acceptors (Lipinski definition) is 6. The zero-order valence-corrected chi connectivity index (χ0v) is 9.47. The standard InChI is InChI=1S/C9H26N6/c10-2-1-9(12)15-8-7-14-6-5-13-4-3-11/h9,13-15H,1-8,10-12H2. The van der Waals surface area contributed by atoms with Crippen LogP contribution in [-0.4, -0.2) is 52.0 Å². The quantitative estimate of drug-likeness (QED) is 0.167. The third kappa shape index (κ3) is 11.7. The van der Waals surface area contributed by atoms with Crippen LogP contribution < -0.4 is 33.2 Å². The lowest BCUT2D eigenvalue weighted by atomic mass is 10.3. The van der Waals surface area contributed by atoms with Gasteiger partial charge < -0.3 is 33.2 Å². The van der Waals surface area contributed by atoms with Crippen molar-refractivity contribution in [1.82, 2.24) is 16.0 Å². The molecule has 9 N–H and O–H groups in total. The largest absolute Gasteiger partial charge is 0.330 e. The van der Waals surface area contributed by atoms with Gasteiger partial charge in [0.25, 0.3) is 0 Å². The molecule has 0 aromatic heterocycles. The Labute approximate surface area is 92.3 Å². The molecule has 0 bridgehead atoms. The van der Waals surface area contributed by atoms with Crippen LogP contribution in [0.25, 0.3) is 0 Å². The molecule has 0 aliphatic rings. The lowest BCUT2D eigenvalue weighted by Gasteiger charge is -2.12. The summed E-state index contributed by atoms with van der Waals surface area (Å²) in [5, 5.41) is 9.68. The van der Waals surface area contributed by atoms with Crippen LogP contribution in [0.15, 0.2) is 0 Å². The van der Waals surface area contributed by atoms with E-state index in [1.165, 1.54) is 0 Å². The smallest absolute Gasteiger partial charge is 0.0558 e. The Balaban J connectivity index is 2.98. The van der Waals surface area contributed by atoms with Crippen molar-refractivity contribution in [3.63, 3.8) is 0 Å². The Kier molecular flexibility index (Phi) is 11.6. The zero-order valence-electron chi connectivity index (χ0n) is 9.47. The van der Waals surface area contributed by atoms with Crippen molar-refractivity contribution in [2.45, 2.75) is 12.6 Å². The first-order valence-corrected chi connectivity index (χ1v) is 5.61. The maximum absolute atomic E-state index is 5.72. The van der Waals surface area contributed by atoms with Crippen molar-refractivity contribution < 1.29 is 0 Å². The minimum Gasteiger partial charge on any atom is -0.330 e. The molecule has 0 heterocycles. The Bertz CT molecular complexity index is 121. The molecular weight excluding hydrogens is 192 g/mol. The van der Waals surface area contributed by atoms with Crippen molar-refractivity contribution in [2.75, 3.05) is 45.8 Å². The van der Waals surface area contributed by atoms with Gasteiger partial charge in [-0.15, -0.1) is 0 Å². The van der Waals surface area contributed by atoms with Crippen LogP contribution in [0, 0.1) is 0 Å². The highest BCUT2D eigenvalue weighted by Crippen LogP contribution is 1.77. The first-order chi connectivity index (χ1) is 7.31. The Morgan fingerprint density at radius 3 is 2.00 bits per heavy atom. The summed E-state index contributed by atoms with van der Waals surface area (Å²) in [5.41, 5.74) is 16.4. The fraction of sp³-hybridized carbons (Fsp3) is 1.00. The highest BCUT2D eigenvalue weighted by Gasteiger charge is 1.97. The fourth-order valence-electron chi connectivity index (χ4n) is 1.16. The van der Waals surface area contributed by atoms with Crippen molar-refractivity contribution in [3.05, 3.63) is 0 Å². The third-order valence-corrected chi connectivity index (χ3v) is 1.99. The molecule has 0 aliphatic carbocycles. The Morgan fingerprint density at radius 1 is 0.800 bits per heavy atom. The summed E-state index contributed by atoms with van der Waals surface area (Å²) in [6.07, 6.45) is 0.838. The van der Waals surface area contributed by atoms with Crippen LogP contribution >= 0.6 is 0 Å². The molecule has 0 spiro atoms. The summed E-state index contributed by atoms with van der Waals surface area (Å²) in [7, 11) is 0. The van der Waals surface area contributed by atoms with Gasteiger partial charge in [-0.3, -0.25) is 0 Å². The monoisotopic (exact) mass is 218 g/mol. The van der Waals surface area contributed by atoms with Crippen LogP contribution in [0.4, 0.5) is 0 Å². The van der Waals surface area contributed by atoms with Gasteiger partial charge in [-0.05, 0) is 13.0 Å². The predicted octanol–water partition coefficient (Wildman–Crippen LogP) is -2.65. The van der Waals surface area contributed by atoms with Crippen molar-refractivity contribution >= 4 is 0 Å². The molecule has 0 saturated heterocycles. The van der Waals surface area contributed by atoms with E-state index in [-0.39, 0.29) is 6.17 Å². The van der Waals surface area contributed by atoms with E-state index in [9.17, 15) is 0 Å². The maximum atomic E-state index is 5.72. The van der Waals surface area contributed by atoms with Crippen LogP contribution in [0.3, 0.4) is 0 Å². The number of nitrogens with two attached hydrogens (primary N) is 3. The van der Waals surface area contributed by atoms with Gasteiger partial charge in [0.15, 0.2) is 0 Å². The van der Waals surface area contributed by atoms with E-state index < -0.39 is 0 Å². The molecule has 92 valence electrons. The summed E-state index contributed by atoms with van der Waals surface area (Å²) >= 11 is 0. The van der Waals surface area contributed by atoms with Crippen molar-refractivity contribution in [3.8, 4) is 0 Å². The van der Waals surface area contributed by atoms with Crippen molar-refractivity contribution in [1.29, 1.82) is 0 Å². The maximum Gasteiger partial charge on any atom is 0.0558 e. The minimum absolute atomic E-state index is 0.0205. The number of hydrogen-bond donors (Lipinski definition) is 6. The SMILES string of the molecule is NCCNCCNCCNC(N)CCN. The van der Waals surface area contributed by atoms with E-state index in [2.05, 4.69) is 16.0 Å². The summed E-state index contributed by atoms with van der Waals surface area (Å²) in [5.74, 6) is 0. The molecule has 0 aliphatic heterocycles. The molecule has 6 heteroatoms. The van der Waals surface area contributed by atoms with Gasteiger partial charge in [-0.2, -0.15) is 0 Å². The lowest BCUT2D eigenvalue weighted by molar-refractivity contribution is 0.487. The number of nitrogens with one attached hydrogen (secondary N) is 3. The molecule has 1 unspecified atom stereocenters. The Hall–Kier alpha value is -0.240. The summed E-state index contributed by atoms with van der Waals surface area (Å²) in [6.45, 7) is 5.89. The second kappa shape index (κ2) is 11.8. The lowest BCUT2D eigenvalue weighted by Crippen LogP contribution is -2.43. The molecule has 0 rings (SSSR count). The zero-order chi connectivity index (χ0) is 11.4. The van der Waals surface area contributed by atoms with Crippen LogP contribution in [0.1, 0.15) is 6.42 Å². The molecule has 1 atom stereocenters. The second-order valence-electron chi connectivity index (χ2n) is 3.43. The molecule has 15 heavy (non-hydrogen) atoms. The van der Waals surface area contributed by atoms with Crippen LogP contribution in [0.5, 0.6) is 0 Å². The summed E-state index contributed by atoms with van der Waals surface area (Å²) in [6, 6.07) is 0. The summed E-state index contributed by atoms with van der Waals surface area (Å²) in [4.78, 5) is 0. The van der Waals surface area contributed by atoms with Gasteiger partial charge in [-0.25, -0.2) is 0 Å². The highest BCUT2D eigenvalue weighted by atomic mass is 15.0. The molecule has 0 aromatic carbocycles. The average molecular weight is 218 g/mol. The van der Waals surface area contributed by atoms with Gasteiger partial charge in [0, 0.05) is 39.3 Å². The van der Waals surface area contributed by atoms with Gasteiger partial charge in [0.1, 0.15) is 0 Å². The van der Waals surface area contributed by atoms with Gasteiger partial charge in [0.2, 0.25) is 0 Å². The van der Waals surface area contributed by atoms with E-state index in [0.717, 1.165) is 39.1 Å². The van der Waals surface area contributed by atoms with E-state index in [1.807, 2.05) is 0 Å². The molecule has 0 saturated carbocycles. The number of rotatable bonds is 11. The first-order valence-electron chi connectivity index (χ1n) is 5.61. The van der Waals surface area contributed by atoms with Crippen LogP contribution in [-0.2, 0) is 0 Å². The van der Waals surface area contributed by atoms with Gasteiger partial charge in [0.05, 0.1) is 6.17 Å². The van der Waals surface area contributed by atoms with E-state index in [4.69, 9.17) is 17.2 Å². The minimum atomic E-state index is 0.0205. The van der Waals surface area contributed by atoms with Gasteiger partial charge in [-0.1, -0.05) is 0 Å². The van der Waals surface area contributed by atoms with Crippen molar-refractivity contribution in [2.24, 2.45) is 17.2 Å². The molecule has 0 fully saturated rings. The van der Waals surface area contributed by atoms with Crippen LogP contribution in [0.2, 0.25) is 0 Å². The molecular formula is C9H26N6.